The lowest BCUT2D eigenvalue weighted by atomic mass is 9.97. The van der Waals surface area contributed by atoms with E-state index < -0.39 is 5.60 Å². The Bertz CT molecular complexity index is 1200. The second kappa shape index (κ2) is 7.21. The topological polar surface area (TPSA) is 46.0 Å². The number of hydrogen-bond acceptors (Lipinski definition) is 2. The molecule has 0 fully saturated rings. The summed E-state index contributed by atoms with van der Waals surface area (Å²) in [6.45, 7) is 10.2. The highest BCUT2D eigenvalue weighted by atomic mass is 79.9. The number of pyridine rings is 1. The van der Waals surface area contributed by atoms with Crippen LogP contribution in [0.1, 0.15) is 31.9 Å². The lowest BCUT2D eigenvalue weighted by Gasteiger charge is -2.18. The first-order chi connectivity index (χ1) is 12.7. The SMILES string of the molecule is Cc1c2cc[n+](CC(=O)OC(C)(C)C)cc2c(C)c2c1[nH]c1ccccc12.[Br-]. The van der Waals surface area contributed by atoms with Gasteiger partial charge in [0.1, 0.15) is 5.60 Å². The fourth-order valence-corrected chi connectivity index (χ4v) is 3.87. The van der Waals surface area contributed by atoms with Crippen LogP contribution in [0, 0.1) is 13.8 Å². The molecule has 0 bridgehead atoms. The van der Waals surface area contributed by atoms with E-state index in [-0.39, 0.29) is 29.5 Å². The van der Waals surface area contributed by atoms with Crippen molar-refractivity contribution in [1.82, 2.24) is 4.98 Å². The smallest absolute Gasteiger partial charge is 0.373 e. The Morgan fingerprint density at radius 2 is 1.75 bits per heavy atom. The lowest BCUT2D eigenvalue weighted by molar-refractivity contribution is -0.684. The zero-order valence-electron chi connectivity index (χ0n) is 16.9. The second-order valence-corrected chi connectivity index (χ2v) is 8.20. The van der Waals surface area contributed by atoms with Gasteiger partial charge in [0.15, 0.2) is 12.4 Å². The van der Waals surface area contributed by atoms with Gasteiger partial charge in [-0.3, -0.25) is 0 Å². The van der Waals surface area contributed by atoms with Crippen LogP contribution in [0.25, 0.3) is 32.6 Å². The standard InChI is InChI=1S/C23H24N2O2.BrH/c1-14-18-12-25(13-20(26)27-23(3,4)5)11-10-16(18)15(2)22-21(14)17-8-6-7-9-19(17)24-22;/h6-12H,13H2,1-5H3;1H. The number of aromatic nitrogens is 2. The molecule has 0 aliphatic rings. The van der Waals surface area contributed by atoms with Gasteiger partial charge in [-0.1, -0.05) is 18.2 Å². The molecule has 5 heteroatoms. The van der Waals surface area contributed by atoms with Crippen molar-refractivity contribution < 1.29 is 31.1 Å². The molecule has 146 valence electrons. The highest BCUT2D eigenvalue weighted by Crippen LogP contribution is 2.35. The van der Waals surface area contributed by atoms with Crippen LogP contribution in [-0.2, 0) is 16.1 Å². The summed E-state index contributed by atoms with van der Waals surface area (Å²) in [5.41, 5.74) is 4.31. The molecular formula is C23H25BrN2O2. The summed E-state index contributed by atoms with van der Waals surface area (Å²) >= 11 is 0. The Balaban J connectivity index is 0.00000225. The van der Waals surface area contributed by atoms with Gasteiger partial charge in [0.25, 0.3) is 0 Å². The molecule has 4 nitrogen and oxygen atoms in total. The molecular weight excluding hydrogens is 416 g/mol. The number of nitrogens with zero attached hydrogens (tertiary/aromatic N) is 1. The van der Waals surface area contributed by atoms with Gasteiger partial charge in [-0.25, -0.2) is 4.79 Å². The highest BCUT2D eigenvalue weighted by molar-refractivity contribution is 6.16. The van der Waals surface area contributed by atoms with Crippen LogP contribution in [0.5, 0.6) is 0 Å². The van der Waals surface area contributed by atoms with Gasteiger partial charge in [-0.15, -0.1) is 0 Å². The third-order valence-corrected chi connectivity index (χ3v) is 5.01. The van der Waals surface area contributed by atoms with Crippen LogP contribution >= 0.6 is 0 Å². The van der Waals surface area contributed by atoms with Crippen molar-refractivity contribution in [2.75, 3.05) is 0 Å². The van der Waals surface area contributed by atoms with Gasteiger partial charge in [0.2, 0.25) is 6.54 Å². The molecule has 0 aliphatic heterocycles. The second-order valence-electron chi connectivity index (χ2n) is 8.20. The van der Waals surface area contributed by atoms with E-state index in [0.717, 1.165) is 10.9 Å². The summed E-state index contributed by atoms with van der Waals surface area (Å²) in [5, 5.41) is 4.85. The molecule has 2 heterocycles. The summed E-state index contributed by atoms with van der Waals surface area (Å²) in [5.74, 6) is -0.227. The predicted molar refractivity (Wildman–Crippen MR) is 109 cm³/mol. The highest BCUT2D eigenvalue weighted by Gasteiger charge is 2.21. The van der Waals surface area contributed by atoms with E-state index in [0.29, 0.717) is 0 Å². The number of benzene rings is 2. The number of nitrogens with one attached hydrogen (secondary N) is 1. The first-order valence-electron chi connectivity index (χ1n) is 9.29. The fraction of sp³-hybridized carbons (Fsp3) is 0.304. The Morgan fingerprint density at radius 3 is 2.46 bits per heavy atom. The van der Waals surface area contributed by atoms with E-state index in [1.54, 1.807) is 0 Å². The normalized spacial score (nSPS) is 11.8. The van der Waals surface area contributed by atoms with Crippen LogP contribution in [-0.4, -0.2) is 16.6 Å². The van der Waals surface area contributed by atoms with Gasteiger partial charge < -0.3 is 26.7 Å². The number of aromatic amines is 1. The third kappa shape index (κ3) is 3.51. The van der Waals surface area contributed by atoms with Crippen molar-refractivity contribution in [3.63, 3.8) is 0 Å². The van der Waals surface area contributed by atoms with Crippen molar-refractivity contribution >= 4 is 38.5 Å². The number of hydrogen-bond donors (Lipinski definition) is 1. The minimum absolute atomic E-state index is 0. The number of para-hydroxylation sites is 1. The molecule has 0 amide bonds. The number of ether oxygens (including phenoxy) is 1. The van der Waals surface area contributed by atoms with Gasteiger partial charge in [-0.05, 0) is 57.2 Å². The summed E-state index contributed by atoms with van der Waals surface area (Å²) in [6.07, 6.45) is 4.01. The Kier molecular flexibility index (Phi) is 5.24. The Hall–Kier alpha value is -2.40. The molecule has 1 N–H and O–H groups in total. The number of carbonyl (C=O) groups excluding carboxylic acids is 1. The summed E-state index contributed by atoms with van der Waals surface area (Å²) < 4.78 is 7.36. The number of H-pyrrole nitrogens is 1. The molecule has 0 spiro atoms. The number of aryl methyl sites for hydroxylation is 2. The first-order valence-corrected chi connectivity index (χ1v) is 9.29. The van der Waals surface area contributed by atoms with Crippen molar-refractivity contribution in [3.8, 4) is 0 Å². The van der Waals surface area contributed by atoms with Crippen molar-refractivity contribution in [2.24, 2.45) is 0 Å². The largest absolute Gasteiger partial charge is 1.00 e. The molecule has 0 saturated heterocycles. The van der Waals surface area contributed by atoms with Gasteiger partial charge in [0.05, 0.1) is 5.52 Å². The minimum Gasteiger partial charge on any atom is -1.00 e. The van der Waals surface area contributed by atoms with Gasteiger partial charge >= 0.3 is 5.97 Å². The molecule has 0 unspecified atom stereocenters. The molecule has 4 aromatic rings. The van der Waals surface area contributed by atoms with E-state index in [4.69, 9.17) is 4.74 Å². The molecule has 0 atom stereocenters. The van der Waals surface area contributed by atoms with Crippen molar-refractivity contribution in [2.45, 2.75) is 46.8 Å². The fourth-order valence-electron chi connectivity index (χ4n) is 3.87. The molecule has 2 aromatic carbocycles. The van der Waals surface area contributed by atoms with Gasteiger partial charge in [0, 0.05) is 27.7 Å². The number of carbonyl (C=O) groups is 1. The van der Waals surface area contributed by atoms with Crippen LogP contribution in [0.2, 0.25) is 0 Å². The van der Waals surface area contributed by atoms with Crippen LogP contribution in [0.3, 0.4) is 0 Å². The van der Waals surface area contributed by atoms with E-state index in [1.807, 2.05) is 31.5 Å². The molecule has 28 heavy (non-hydrogen) atoms. The van der Waals surface area contributed by atoms with Crippen molar-refractivity contribution in [3.05, 3.63) is 53.9 Å². The van der Waals surface area contributed by atoms with E-state index in [2.05, 4.69) is 55.4 Å². The summed E-state index contributed by atoms with van der Waals surface area (Å²) in [4.78, 5) is 15.8. The maximum Gasteiger partial charge on any atom is 0.373 e. The molecule has 0 saturated carbocycles. The number of esters is 1. The first kappa shape index (κ1) is 20.3. The lowest BCUT2D eigenvalue weighted by Crippen LogP contribution is -3.00. The Labute approximate surface area is 175 Å². The van der Waals surface area contributed by atoms with Crippen LogP contribution < -0.4 is 21.5 Å². The van der Waals surface area contributed by atoms with E-state index in [1.165, 1.54) is 32.8 Å². The predicted octanol–water partition coefficient (Wildman–Crippen LogP) is 1.72. The molecule has 0 aliphatic carbocycles. The number of halogens is 1. The zero-order valence-corrected chi connectivity index (χ0v) is 18.5. The monoisotopic (exact) mass is 440 g/mol. The zero-order chi connectivity index (χ0) is 19.3. The maximum atomic E-state index is 12.2. The average Bonchev–Trinajstić information content (AvgIpc) is 2.98. The van der Waals surface area contributed by atoms with Crippen LogP contribution in [0.15, 0.2) is 42.7 Å². The van der Waals surface area contributed by atoms with Crippen LogP contribution in [0.4, 0.5) is 0 Å². The van der Waals surface area contributed by atoms with E-state index in [9.17, 15) is 4.79 Å². The molecule has 2 aromatic heterocycles. The minimum atomic E-state index is -0.475. The summed E-state index contributed by atoms with van der Waals surface area (Å²) in [6, 6.07) is 10.5. The maximum absolute atomic E-state index is 12.2. The van der Waals surface area contributed by atoms with Gasteiger partial charge in [-0.2, -0.15) is 4.57 Å². The molecule has 0 radical (unpaired) electrons. The van der Waals surface area contributed by atoms with Crippen molar-refractivity contribution in [1.29, 1.82) is 0 Å². The summed E-state index contributed by atoms with van der Waals surface area (Å²) in [7, 11) is 0. The molecule has 4 rings (SSSR count). The number of fused-ring (bicyclic) bond motifs is 4. The quantitative estimate of drug-likeness (QED) is 0.381. The third-order valence-electron chi connectivity index (χ3n) is 5.01. The average molecular weight is 441 g/mol. The Morgan fingerprint density at radius 1 is 1.04 bits per heavy atom. The van der Waals surface area contributed by atoms with E-state index >= 15 is 0 Å². The number of rotatable bonds is 2.